The quantitative estimate of drug-likeness (QED) is 0.300. The van der Waals surface area contributed by atoms with Gasteiger partial charge in [0.2, 0.25) is 0 Å². The zero-order valence-electron chi connectivity index (χ0n) is 22.3. The highest BCUT2D eigenvalue weighted by Gasteiger charge is 2.33. The Morgan fingerprint density at radius 3 is 2.55 bits per heavy atom. The van der Waals surface area contributed by atoms with E-state index in [1.54, 1.807) is 43.7 Å². The van der Waals surface area contributed by atoms with Crippen molar-refractivity contribution < 1.29 is 19.0 Å². The number of esters is 1. The minimum atomic E-state index is -0.641. The van der Waals surface area contributed by atoms with Gasteiger partial charge in [0.15, 0.2) is 16.3 Å². The number of hydrogen-bond acceptors (Lipinski definition) is 7. The Hall–Kier alpha value is -3.91. The van der Waals surface area contributed by atoms with E-state index in [-0.39, 0.29) is 12.2 Å². The number of aromatic nitrogens is 1. The smallest absolute Gasteiger partial charge is 0.338 e. The van der Waals surface area contributed by atoms with E-state index < -0.39 is 12.0 Å². The van der Waals surface area contributed by atoms with Gasteiger partial charge >= 0.3 is 5.97 Å². The maximum Gasteiger partial charge on any atom is 0.338 e. The average Bonchev–Trinajstić information content (AvgIpc) is 3.21. The number of carbonyl (C=O) groups is 1. The largest absolute Gasteiger partial charge is 0.493 e. The maximum atomic E-state index is 13.8. The molecule has 0 spiro atoms. The minimum Gasteiger partial charge on any atom is -0.493 e. The molecular formula is C30H32N2O5S. The number of allylic oxidation sites excluding steroid dienone is 1. The van der Waals surface area contributed by atoms with E-state index in [2.05, 4.69) is 25.4 Å². The molecule has 198 valence electrons. The standard InChI is InChI=1S/C30H32N2O5S/c1-7-15-37-23-14-9-20(16-24(23)35-6)17-25-28(33)32-27(22-12-10-21(11-13-22)18(3)4)26(29(34)36-8-2)19(5)31-30(32)38-25/h7,9-14,16-18,27H,1,8,15H2,2-6H3/b25-17-/t27-/m0/s1. The Bertz CT molecular complexity index is 1560. The molecule has 1 aromatic heterocycles. The van der Waals surface area contributed by atoms with Gasteiger partial charge in [0.1, 0.15) is 6.61 Å². The molecule has 7 nitrogen and oxygen atoms in total. The molecule has 0 radical (unpaired) electrons. The Balaban J connectivity index is 1.87. The van der Waals surface area contributed by atoms with Gasteiger partial charge in [-0.05, 0) is 54.7 Å². The summed E-state index contributed by atoms with van der Waals surface area (Å²) in [5, 5.41) is 0. The Morgan fingerprint density at radius 1 is 1.18 bits per heavy atom. The van der Waals surface area contributed by atoms with E-state index in [1.807, 2.05) is 36.4 Å². The number of fused-ring (bicyclic) bond motifs is 1. The molecule has 1 aliphatic rings. The van der Waals surface area contributed by atoms with Crippen molar-refractivity contribution in [3.8, 4) is 11.5 Å². The van der Waals surface area contributed by atoms with Gasteiger partial charge in [0.05, 0.1) is 35.6 Å². The van der Waals surface area contributed by atoms with Crippen LogP contribution in [0.3, 0.4) is 0 Å². The molecule has 2 aromatic carbocycles. The second-order valence-electron chi connectivity index (χ2n) is 9.13. The summed E-state index contributed by atoms with van der Waals surface area (Å²) in [6.45, 7) is 12.0. The van der Waals surface area contributed by atoms with Crippen LogP contribution in [-0.4, -0.2) is 30.9 Å². The topological polar surface area (TPSA) is 79.1 Å². The molecule has 0 N–H and O–H groups in total. The number of carbonyl (C=O) groups excluding carboxylic acids is 1. The van der Waals surface area contributed by atoms with Crippen molar-refractivity contribution in [2.24, 2.45) is 4.99 Å². The summed E-state index contributed by atoms with van der Waals surface area (Å²) in [6.07, 6.45) is 3.46. The van der Waals surface area contributed by atoms with Crippen LogP contribution in [-0.2, 0) is 9.53 Å². The average molecular weight is 533 g/mol. The predicted octanol–water partition coefficient (Wildman–Crippen LogP) is 4.50. The van der Waals surface area contributed by atoms with Crippen LogP contribution in [0.2, 0.25) is 0 Å². The summed E-state index contributed by atoms with van der Waals surface area (Å²) in [7, 11) is 1.57. The van der Waals surface area contributed by atoms with Crippen molar-refractivity contribution in [3.63, 3.8) is 0 Å². The Labute approximate surface area is 226 Å². The van der Waals surface area contributed by atoms with Gasteiger partial charge in [-0.2, -0.15) is 0 Å². The number of nitrogens with zero attached hydrogens (tertiary/aromatic N) is 2. The summed E-state index contributed by atoms with van der Waals surface area (Å²) >= 11 is 1.28. The van der Waals surface area contributed by atoms with Crippen molar-refractivity contribution >= 4 is 23.4 Å². The lowest BCUT2D eigenvalue weighted by Crippen LogP contribution is -2.39. The highest BCUT2D eigenvalue weighted by atomic mass is 32.1. The van der Waals surface area contributed by atoms with Crippen molar-refractivity contribution in [2.45, 2.75) is 39.7 Å². The summed E-state index contributed by atoms with van der Waals surface area (Å²) in [4.78, 5) is 32.1. The van der Waals surface area contributed by atoms with E-state index in [0.717, 1.165) is 11.1 Å². The molecule has 8 heteroatoms. The molecule has 0 saturated carbocycles. The minimum absolute atomic E-state index is 0.230. The third-order valence-corrected chi connectivity index (χ3v) is 7.26. The van der Waals surface area contributed by atoms with Crippen LogP contribution in [0.25, 0.3) is 6.08 Å². The molecule has 2 heterocycles. The number of benzene rings is 2. The van der Waals surface area contributed by atoms with Gasteiger partial charge < -0.3 is 14.2 Å². The highest BCUT2D eigenvalue weighted by molar-refractivity contribution is 7.07. The Morgan fingerprint density at radius 2 is 1.92 bits per heavy atom. The lowest BCUT2D eigenvalue weighted by atomic mass is 9.93. The molecule has 1 aliphatic heterocycles. The van der Waals surface area contributed by atoms with Crippen molar-refractivity contribution in [1.29, 1.82) is 0 Å². The van der Waals surface area contributed by atoms with Gasteiger partial charge in [0.25, 0.3) is 5.56 Å². The first-order valence-electron chi connectivity index (χ1n) is 12.5. The third kappa shape index (κ3) is 5.36. The van der Waals surface area contributed by atoms with Crippen molar-refractivity contribution in [3.05, 3.63) is 103 Å². The second kappa shape index (κ2) is 11.6. The summed E-state index contributed by atoms with van der Waals surface area (Å²) in [5.41, 5.74) is 3.45. The fourth-order valence-corrected chi connectivity index (χ4v) is 5.41. The SMILES string of the molecule is C=CCOc1ccc(/C=c2\sc3n(c2=O)[C@@H](c2ccc(C(C)C)cc2)C(C(=O)OCC)=C(C)N=3)cc1OC. The first kappa shape index (κ1) is 27.1. The highest BCUT2D eigenvalue weighted by Crippen LogP contribution is 2.32. The second-order valence-corrected chi connectivity index (χ2v) is 10.1. The van der Waals surface area contributed by atoms with Gasteiger partial charge in [-0.15, -0.1) is 0 Å². The van der Waals surface area contributed by atoms with Crippen LogP contribution < -0.4 is 24.4 Å². The predicted molar refractivity (Wildman–Crippen MR) is 150 cm³/mol. The van der Waals surface area contributed by atoms with Gasteiger partial charge in [0, 0.05) is 0 Å². The van der Waals surface area contributed by atoms with Crippen molar-refractivity contribution in [1.82, 2.24) is 4.57 Å². The lowest BCUT2D eigenvalue weighted by Gasteiger charge is -2.25. The molecule has 0 unspecified atom stereocenters. The number of methoxy groups -OCH3 is 1. The zero-order valence-corrected chi connectivity index (χ0v) is 23.1. The molecule has 0 bridgehead atoms. The molecule has 0 aliphatic carbocycles. The van der Waals surface area contributed by atoms with Crippen LogP contribution in [0.4, 0.5) is 0 Å². The van der Waals surface area contributed by atoms with Crippen LogP contribution in [0.5, 0.6) is 11.5 Å². The third-order valence-electron chi connectivity index (χ3n) is 6.28. The summed E-state index contributed by atoms with van der Waals surface area (Å²) in [6, 6.07) is 12.9. The van der Waals surface area contributed by atoms with Gasteiger partial charge in [-0.25, -0.2) is 9.79 Å². The van der Waals surface area contributed by atoms with E-state index in [4.69, 9.17) is 14.2 Å². The zero-order chi connectivity index (χ0) is 27.4. The molecule has 3 aromatic rings. The molecular weight excluding hydrogens is 500 g/mol. The van der Waals surface area contributed by atoms with E-state index in [0.29, 0.717) is 44.6 Å². The normalized spacial score (nSPS) is 15.2. The van der Waals surface area contributed by atoms with Gasteiger partial charge in [-0.3, -0.25) is 9.36 Å². The Kier molecular flexibility index (Phi) is 8.32. The summed E-state index contributed by atoms with van der Waals surface area (Å²) in [5.74, 6) is 1.03. The van der Waals surface area contributed by atoms with E-state index >= 15 is 0 Å². The van der Waals surface area contributed by atoms with Crippen LogP contribution in [0.15, 0.2) is 76.2 Å². The van der Waals surface area contributed by atoms with Crippen LogP contribution in [0.1, 0.15) is 56.3 Å². The molecule has 38 heavy (non-hydrogen) atoms. The van der Waals surface area contributed by atoms with E-state index in [1.165, 1.54) is 16.9 Å². The van der Waals surface area contributed by atoms with Crippen LogP contribution >= 0.6 is 11.3 Å². The molecule has 4 rings (SSSR count). The number of hydrogen-bond donors (Lipinski definition) is 0. The van der Waals surface area contributed by atoms with Crippen LogP contribution in [0, 0.1) is 0 Å². The maximum absolute atomic E-state index is 13.8. The fraction of sp³-hybridized carbons (Fsp3) is 0.300. The fourth-order valence-electron chi connectivity index (χ4n) is 4.36. The molecule has 0 fully saturated rings. The lowest BCUT2D eigenvalue weighted by molar-refractivity contribution is -0.139. The number of rotatable bonds is 9. The monoisotopic (exact) mass is 532 g/mol. The number of ether oxygens (including phenoxy) is 3. The first-order chi connectivity index (χ1) is 18.3. The molecule has 1 atom stereocenters. The van der Waals surface area contributed by atoms with Crippen molar-refractivity contribution in [2.75, 3.05) is 20.3 Å². The molecule has 0 saturated heterocycles. The van der Waals surface area contributed by atoms with E-state index in [9.17, 15) is 9.59 Å². The molecule has 0 amide bonds. The summed E-state index contributed by atoms with van der Waals surface area (Å²) < 4.78 is 18.6. The number of thiazole rings is 1. The van der Waals surface area contributed by atoms with Gasteiger partial charge in [-0.1, -0.05) is 68.2 Å². The first-order valence-corrected chi connectivity index (χ1v) is 13.3.